The van der Waals surface area contributed by atoms with Gasteiger partial charge < -0.3 is 4.74 Å². The molecule has 31 heavy (non-hydrogen) atoms. The van der Waals surface area contributed by atoms with Crippen LogP contribution in [0.5, 0.6) is 5.75 Å². The Morgan fingerprint density at radius 2 is 1.65 bits per heavy atom. The summed E-state index contributed by atoms with van der Waals surface area (Å²) in [5.41, 5.74) is 6.46. The third-order valence-corrected chi connectivity index (χ3v) is 5.05. The predicted molar refractivity (Wildman–Crippen MR) is 123 cm³/mol. The molecule has 3 aromatic carbocycles. The highest BCUT2D eigenvalue weighted by molar-refractivity contribution is 5.95. The molecular formula is C26H28N2O3. The van der Waals surface area contributed by atoms with E-state index in [-0.39, 0.29) is 24.3 Å². The summed E-state index contributed by atoms with van der Waals surface area (Å²) in [5, 5.41) is 1.42. The average Bonchev–Trinajstić information content (AvgIpc) is 2.81. The zero-order valence-corrected chi connectivity index (χ0v) is 18.2. The topological polar surface area (TPSA) is 58.6 Å². The SMILES string of the molecule is COc1cccc(-c2ccccc2CCC(=O)N(NC(=O)c2ccccc2)C(C)C)c1. The van der Waals surface area contributed by atoms with Crippen LogP contribution >= 0.6 is 0 Å². The molecule has 5 heteroatoms. The van der Waals surface area contributed by atoms with Crippen LogP contribution in [0.2, 0.25) is 0 Å². The molecular weight excluding hydrogens is 388 g/mol. The van der Waals surface area contributed by atoms with E-state index in [0.717, 1.165) is 22.4 Å². The molecule has 0 radical (unpaired) electrons. The Bertz CT molecular complexity index is 1030. The molecule has 0 fully saturated rings. The first kappa shape index (κ1) is 22.1. The maximum absolute atomic E-state index is 13.0. The molecule has 5 nitrogen and oxygen atoms in total. The number of amides is 2. The van der Waals surface area contributed by atoms with E-state index in [1.54, 1.807) is 31.4 Å². The Labute approximate surface area is 183 Å². The van der Waals surface area contributed by atoms with Crippen molar-refractivity contribution in [2.75, 3.05) is 7.11 Å². The minimum atomic E-state index is -0.292. The van der Waals surface area contributed by atoms with E-state index in [9.17, 15) is 9.59 Å². The van der Waals surface area contributed by atoms with Crippen LogP contribution < -0.4 is 10.2 Å². The van der Waals surface area contributed by atoms with Crippen molar-refractivity contribution >= 4 is 11.8 Å². The van der Waals surface area contributed by atoms with Crippen molar-refractivity contribution < 1.29 is 14.3 Å². The van der Waals surface area contributed by atoms with Gasteiger partial charge in [0.2, 0.25) is 5.91 Å². The highest BCUT2D eigenvalue weighted by atomic mass is 16.5. The molecule has 160 valence electrons. The molecule has 0 bridgehead atoms. The molecule has 3 rings (SSSR count). The van der Waals surface area contributed by atoms with Gasteiger partial charge in [0.05, 0.1) is 7.11 Å². The summed E-state index contributed by atoms with van der Waals surface area (Å²) in [7, 11) is 1.65. The van der Waals surface area contributed by atoms with Crippen LogP contribution in [0.4, 0.5) is 0 Å². The monoisotopic (exact) mass is 416 g/mol. The summed E-state index contributed by atoms with van der Waals surface area (Å²) in [6.07, 6.45) is 0.852. The molecule has 2 amide bonds. The summed E-state index contributed by atoms with van der Waals surface area (Å²) in [4.78, 5) is 25.5. The smallest absolute Gasteiger partial charge is 0.269 e. The Morgan fingerprint density at radius 1 is 0.935 bits per heavy atom. The van der Waals surface area contributed by atoms with Gasteiger partial charge in [0, 0.05) is 18.0 Å². The predicted octanol–water partition coefficient (Wildman–Crippen LogP) is 4.88. The Morgan fingerprint density at radius 3 is 2.35 bits per heavy atom. The van der Waals surface area contributed by atoms with Gasteiger partial charge in [-0.25, -0.2) is 0 Å². The van der Waals surface area contributed by atoms with E-state index < -0.39 is 0 Å². The van der Waals surface area contributed by atoms with Gasteiger partial charge in [-0.05, 0) is 61.2 Å². The molecule has 3 aromatic rings. The van der Waals surface area contributed by atoms with Gasteiger partial charge in [0.15, 0.2) is 0 Å². The zero-order chi connectivity index (χ0) is 22.2. The maximum Gasteiger partial charge on any atom is 0.269 e. The van der Waals surface area contributed by atoms with E-state index >= 15 is 0 Å². The summed E-state index contributed by atoms with van der Waals surface area (Å²) >= 11 is 0. The number of aryl methyl sites for hydroxylation is 1. The molecule has 0 aliphatic rings. The van der Waals surface area contributed by atoms with Gasteiger partial charge in [-0.15, -0.1) is 0 Å². The second kappa shape index (κ2) is 10.4. The molecule has 0 aliphatic heterocycles. The zero-order valence-electron chi connectivity index (χ0n) is 18.2. The van der Waals surface area contributed by atoms with Gasteiger partial charge >= 0.3 is 0 Å². The molecule has 0 spiro atoms. The van der Waals surface area contributed by atoms with Gasteiger partial charge in [0.25, 0.3) is 5.91 Å². The number of hydrazine groups is 1. The highest BCUT2D eigenvalue weighted by Crippen LogP contribution is 2.27. The van der Waals surface area contributed by atoms with E-state index in [4.69, 9.17) is 4.74 Å². The van der Waals surface area contributed by atoms with E-state index in [0.29, 0.717) is 12.0 Å². The normalized spacial score (nSPS) is 10.6. The Kier molecular flexibility index (Phi) is 7.44. The van der Waals surface area contributed by atoms with Gasteiger partial charge in [-0.1, -0.05) is 54.6 Å². The first-order chi connectivity index (χ1) is 15.0. The van der Waals surface area contributed by atoms with Crippen molar-refractivity contribution in [1.29, 1.82) is 0 Å². The standard InChI is InChI=1S/C26H28N2O3/c1-19(2)28(27-26(30)21-11-5-4-6-12-21)25(29)17-16-20-10-7-8-15-24(20)22-13-9-14-23(18-22)31-3/h4-15,18-19H,16-17H2,1-3H3,(H,27,30). The Hall–Kier alpha value is -3.60. The number of benzene rings is 3. The Balaban J connectivity index is 1.72. The summed E-state index contributed by atoms with van der Waals surface area (Å²) in [6.45, 7) is 3.76. The fourth-order valence-corrected chi connectivity index (χ4v) is 3.42. The number of nitrogens with zero attached hydrogens (tertiary/aromatic N) is 1. The number of ether oxygens (including phenoxy) is 1. The number of hydrogen-bond acceptors (Lipinski definition) is 3. The number of methoxy groups -OCH3 is 1. The minimum Gasteiger partial charge on any atom is -0.497 e. The molecule has 0 saturated heterocycles. The van der Waals surface area contributed by atoms with Crippen molar-refractivity contribution in [2.24, 2.45) is 0 Å². The molecule has 0 unspecified atom stereocenters. The number of rotatable bonds is 7. The van der Waals surface area contributed by atoms with Gasteiger partial charge in [-0.2, -0.15) is 0 Å². The molecule has 0 atom stereocenters. The largest absolute Gasteiger partial charge is 0.497 e. The fourth-order valence-electron chi connectivity index (χ4n) is 3.42. The van der Waals surface area contributed by atoms with E-state index in [1.807, 2.05) is 68.4 Å². The van der Waals surface area contributed by atoms with Crippen molar-refractivity contribution in [3.63, 3.8) is 0 Å². The van der Waals surface area contributed by atoms with E-state index in [2.05, 4.69) is 5.43 Å². The summed E-state index contributed by atoms with van der Waals surface area (Å²) in [5.74, 6) is 0.372. The van der Waals surface area contributed by atoms with Gasteiger partial charge in [-0.3, -0.25) is 20.0 Å². The lowest BCUT2D eigenvalue weighted by Crippen LogP contribution is -2.50. The van der Waals surface area contributed by atoms with Crippen molar-refractivity contribution in [2.45, 2.75) is 32.7 Å². The van der Waals surface area contributed by atoms with Crippen molar-refractivity contribution in [3.8, 4) is 16.9 Å². The van der Waals surface area contributed by atoms with Crippen LogP contribution in [0.25, 0.3) is 11.1 Å². The lowest BCUT2D eigenvalue weighted by molar-refractivity contribution is -0.135. The number of carbonyl (C=O) groups excluding carboxylic acids is 2. The third kappa shape index (κ3) is 5.72. The van der Waals surface area contributed by atoms with Crippen LogP contribution in [0, 0.1) is 0 Å². The third-order valence-electron chi connectivity index (χ3n) is 5.05. The van der Waals surface area contributed by atoms with Crippen LogP contribution in [-0.2, 0) is 11.2 Å². The summed E-state index contributed by atoms with van der Waals surface area (Å²) < 4.78 is 5.34. The summed E-state index contributed by atoms with van der Waals surface area (Å²) in [6, 6.07) is 24.7. The minimum absolute atomic E-state index is 0.125. The molecule has 0 saturated carbocycles. The van der Waals surface area contributed by atoms with Crippen LogP contribution in [-0.4, -0.2) is 30.0 Å². The quantitative estimate of drug-likeness (QED) is 0.559. The second-order valence-electron chi connectivity index (χ2n) is 7.55. The van der Waals surface area contributed by atoms with Crippen LogP contribution in [0.3, 0.4) is 0 Å². The number of nitrogens with one attached hydrogen (secondary N) is 1. The average molecular weight is 417 g/mol. The molecule has 0 aromatic heterocycles. The molecule has 1 N–H and O–H groups in total. The number of carbonyl (C=O) groups is 2. The molecule has 0 aliphatic carbocycles. The first-order valence-corrected chi connectivity index (χ1v) is 10.4. The lowest BCUT2D eigenvalue weighted by Gasteiger charge is -2.27. The maximum atomic E-state index is 13.0. The van der Waals surface area contributed by atoms with Crippen molar-refractivity contribution in [1.82, 2.24) is 10.4 Å². The molecule has 0 heterocycles. The fraction of sp³-hybridized carbons (Fsp3) is 0.231. The lowest BCUT2D eigenvalue weighted by atomic mass is 9.96. The van der Waals surface area contributed by atoms with E-state index in [1.165, 1.54) is 5.01 Å². The van der Waals surface area contributed by atoms with Crippen molar-refractivity contribution in [3.05, 3.63) is 90.0 Å². The second-order valence-corrected chi connectivity index (χ2v) is 7.55. The van der Waals surface area contributed by atoms with Gasteiger partial charge in [0.1, 0.15) is 5.75 Å². The van der Waals surface area contributed by atoms with Crippen LogP contribution in [0.15, 0.2) is 78.9 Å². The van der Waals surface area contributed by atoms with Crippen LogP contribution in [0.1, 0.15) is 36.2 Å². The number of hydrogen-bond donors (Lipinski definition) is 1. The highest BCUT2D eigenvalue weighted by Gasteiger charge is 2.20. The first-order valence-electron chi connectivity index (χ1n) is 10.4.